The quantitative estimate of drug-likeness (QED) is 0.565. The first kappa shape index (κ1) is 14.0. The molecule has 6 heteroatoms. The molecule has 1 aromatic rings. The molecule has 0 saturated carbocycles. The highest BCUT2D eigenvalue weighted by Crippen LogP contribution is 2.11. The number of carbonyl (C=O) groups excluding carboxylic acids is 1. The van der Waals surface area contributed by atoms with E-state index in [0.29, 0.717) is 5.56 Å². The number of phenols is 1. The molecule has 18 heavy (non-hydrogen) atoms. The van der Waals surface area contributed by atoms with E-state index in [-0.39, 0.29) is 25.2 Å². The Bertz CT molecular complexity index is 432. The van der Waals surface area contributed by atoms with Crippen LogP contribution in [0.4, 0.5) is 0 Å². The van der Waals surface area contributed by atoms with Crippen molar-refractivity contribution in [3.05, 3.63) is 29.8 Å². The molecule has 0 radical (unpaired) electrons. The fraction of sp³-hybridized carbons (Fsp3) is 0.333. The van der Waals surface area contributed by atoms with Crippen LogP contribution in [-0.2, 0) is 16.0 Å². The second-order valence-corrected chi connectivity index (χ2v) is 3.82. The number of rotatable bonds is 6. The Morgan fingerprint density at radius 3 is 2.61 bits per heavy atom. The molecule has 98 valence electrons. The SMILES string of the molecule is O=C(Cc1cccc(O)c1)N[C@@H](CCO)C(=O)O. The van der Waals surface area contributed by atoms with Crippen LogP contribution in [0.25, 0.3) is 0 Å². The molecular formula is C12H15NO5. The van der Waals surface area contributed by atoms with Crippen molar-refractivity contribution in [2.24, 2.45) is 0 Å². The van der Waals surface area contributed by atoms with Crippen molar-refractivity contribution < 1.29 is 24.9 Å². The van der Waals surface area contributed by atoms with Gasteiger partial charge in [-0.1, -0.05) is 12.1 Å². The lowest BCUT2D eigenvalue weighted by Gasteiger charge is -2.13. The van der Waals surface area contributed by atoms with Gasteiger partial charge in [-0.2, -0.15) is 0 Å². The van der Waals surface area contributed by atoms with Crippen LogP contribution in [0.1, 0.15) is 12.0 Å². The van der Waals surface area contributed by atoms with Crippen molar-refractivity contribution in [1.29, 1.82) is 0 Å². The lowest BCUT2D eigenvalue weighted by molar-refractivity contribution is -0.142. The van der Waals surface area contributed by atoms with Gasteiger partial charge in [0.05, 0.1) is 6.42 Å². The molecule has 0 bridgehead atoms. The van der Waals surface area contributed by atoms with Gasteiger partial charge < -0.3 is 20.6 Å². The molecule has 0 saturated heterocycles. The van der Waals surface area contributed by atoms with E-state index in [1.807, 2.05) is 0 Å². The number of aliphatic hydroxyl groups excluding tert-OH is 1. The molecule has 0 aliphatic heterocycles. The molecular weight excluding hydrogens is 238 g/mol. The summed E-state index contributed by atoms with van der Waals surface area (Å²) < 4.78 is 0. The van der Waals surface area contributed by atoms with E-state index in [4.69, 9.17) is 10.2 Å². The van der Waals surface area contributed by atoms with E-state index in [1.165, 1.54) is 12.1 Å². The summed E-state index contributed by atoms with van der Waals surface area (Å²) in [6.07, 6.45) is -0.0648. The van der Waals surface area contributed by atoms with Crippen LogP contribution in [0.3, 0.4) is 0 Å². The Labute approximate surface area is 104 Å². The minimum atomic E-state index is -1.19. The van der Waals surface area contributed by atoms with Crippen molar-refractivity contribution in [3.8, 4) is 5.75 Å². The third kappa shape index (κ3) is 4.42. The zero-order chi connectivity index (χ0) is 13.5. The molecule has 0 aliphatic carbocycles. The molecule has 1 atom stereocenters. The number of hydrogen-bond acceptors (Lipinski definition) is 4. The molecule has 0 heterocycles. The highest BCUT2D eigenvalue weighted by molar-refractivity contribution is 5.84. The lowest BCUT2D eigenvalue weighted by atomic mass is 10.1. The van der Waals surface area contributed by atoms with Crippen molar-refractivity contribution in [3.63, 3.8) is 0 Å². The second kappa shape index (κ2) is 6.61. The third-order valence-electron chi connectivity index (χ3n) is 2.33. The number of aliphatic hydroxyl groups is 1. The fourth-order valence-electron chi connectivity index (χ4n) is 1.48. The molecule has 6 nitrogen and oxygen atoms in total. The first-order valence-electron chi connectivity index (χ1n) is 5.44. The van der Waals surface area contributed by atoms with Crippen LogP contribution < -0.4 is 5.32 Å². The number of benzene rings is 1. The van der Waals surface area contributed by atoms with E-state index >= 15 is 0 Å². The summed E-state index contributed by atoms with van der Waals surface area (Å²) in [5.74, 6) is -1.61. The molecule has 0 unspecified atom stereocenters. The van der Waals surface area contributed by atoms with Gasteiger partial charge in [0, 0.05) is 13.0 Å². The summed E-state index contributed by atoms with van der Waals surface area (Å²) in [5, 5.41) is 29.0. The number of amides is 1. The van der Waals surface area contributed by atoms with Crippen molar-refractivity contribution in [1.82, 2.24) is 5.32 Å². The monoisotopic (exact) mass is 253 g/mol. The largest absolute Gasteiger partial charge is 0.508 e. The number of hydrogen-bond donors (Lipinski definition) is 4. The summed E-state index contributed by atoms with van der Waals surface area (Å²) in [6, 6.07) is 5.07. The Balaban J connectivity index is 2.57. The van der Waals surface area contributed by atoms with Crippen LogP contribution in [0.2, 0.25) is 0 Å². The summed E-state index contributed by atoms with van der Waals surface area (Å²) in [7, 11) is 0. The topological polar surface area (TPSA) is 107 Å². The molecule has 0 spiro atoms. The van der Waals surface area contributed by atoms with E-state index in [2.05, 4.69) is 5.32 Å². The highest BCUT2D eigenvalue weighted by atomic mass is 16.4. The van der Waals surface area contributed by atoms with Crippen molar-refractivity contribution >= 4 is 11.9 Å². The maximum absolute atomic E-state index is 11.6. The van der Waals surface area contributed by atoms with E-state index in [1.54, 1.807) is 12.1 Å². The van der Waals surface area contributed by atoms with Gasteiger partial charge in [0.15, 0.2) is 0 Å². The van der Waals surface area contributed by atoms with Gasteiger partial charge in [0.25, 0.3) is 0 Å². The maximum atomic E-state index is 11.6. The van der Waals surface area contributed by atoms with Crippen LogP contribution in [0.5, 0.6) is 5.75 Å². The van der Waals surface area contributed by atoms with Gasteiger partial charge in [0.2, 0.25) is 5.91 Å². The number of nitrogens with one attached hydrogen (secondary N) is 1. The summed E-state index contributed by atoms with van der Waals surface area (Å²) in [4.78, 5) is 22.3. The van der Waals surface area contributed by atoms with Gasteiger partial charge >= 0.3 is 5.97 Å². The average molecular weight is 253 g/mol. The molecule has 0 aromatic heterocycles. The van der Waals surface area contributed by atoms with Gasteiger partial charge in [-0.05, 0) is 17.7 Å². The van der Waals surface area contributed by atoms with Crippen molar-refractivity contribution in [2.75, 3.05) is 6.61 Å². The Morgan fingerprint density at radius 1 is 1.33 bits per heavy atom. The van der Waals surface area contributed by atoms with Crippen LogP contribution in [0, 0.1) is 0 Å². The summed E-state index contributed by atoms with van der Waals surface area (Å²) in [5.41, 5.74) is 0.584. The number of carbonyl (C=O) groups is 2. The fourth-order valence-corrected chi connectivity index (χ4v) is 1.48. The normalized spacial score (nSPS) is 11.8. The lowest BCUT2D eigenvalue weighted by Crippen LogP contribution is -2.42. The van der Waals surface area contributed by atoms with Crippen LogP contribution in [-0.4, -0.2) is 39.8 Å². The predicted octanol–water partition coefficient (Wildman–Crippen LogP) is -0.113. The second-order valence-electron chi connectivity index (χ2n) is 3.82. The van der Waals surface area contributed by atoms with Crippen LogP contribution in [0.15, 0.2) is 24.3 Å². The molecule has 0 aliphatic rings. The van der Waals surface area contributed by atoms with Gasteiger partial charge in [-0.3, -0.25) is 4.79 Å². The number of aliphatic carboxylic acids is 1. The standard InChI is InChI=1S/C12H15NO5/c14-5-4-10(12(17)18)13-11(16)7-8-2-1-3-9(15)6-8/h1-3,6,10,14-15H,4-5,7H2,(H,13,16)(H,17,18)/t10-/m0/s1. The maximum Gasteiger partial charge on any atom is 0.326 e. The molecule has 1 rings (SSSR count). The number of carboxylic acids is 1. The molecule has 1 amide bonds. The summed E-state index contributed by atoms with van der Waals surface area (Å²) in [6.45, 7) is -0.316. The van der Waals surface area contributed by atoms with Crippen molar-refractivity contribution in [2.45, 2.75) is 18.9 Å². The zero-order valence-corrected chi connectivity index (χ0v) is 9.67. The minimum absolute atomic E-state index is 0.0242. The molecule has 0 fully saturated rings. The Kier molecular flexibility index (Phi) is 5.13. The summed E-state index contributed by atoms with van der Waals surface area (Å²) >= 11 is 0. The number of phenolic OH excluding ortho intramolecular Hbond substituents is 1. The average Bonchev–Trinajstić information content (AvgIpc) is 2.28. The van der Waals surface area contributed by atoms with Gasteiger partial charge in [-0.15, -0.1) is 0 Å². The Hall–Kier alpha value is -2.08. The van der Waals surface area contributed by atoms with E-state index in [0.717, 1.165) is 0 Å². The first-order chi connectivity index (χ1) is 8.52. The number of carboxylic acid groups (broad SMARTS) is 1. The molecule has 4 N–H and O–H groups in total. The first-order valence-corrected chi connectivity index (χ1v) is 5.44. The minimum Gasteiger partial charge on any atom is -0.508 e. The van der Waals surface area contributed by atoms with Gasteiger partial charge in [-0.25, -0.2) is 4.79 Å². The van der Waals surface area contributed by atoms with Gasteiger partial charge in [0.1, 0.15) is 11.8 Å². The number of aromatic hydroxyl groups is 1. The molecule has 1 aromatic carbocycles. The van der Waals surface area contributed by atoms with E-state index in [9.17, 15) is 14.7 Å². The zero-order valence-electron chi connectivity index (χ0n) is 9.67. The van der Waals surface area contributed by atoms with E-state index < -0.39 is 17.9 Å². The predicted molar refractivity (Wildman–Crippen MR) is 63.1 cm³/mol. The highest BCUT2D eigenvalue weighted by Gasteiger charge is 2.19. The van der Waals surface area contributed by atoms with Crippen LogP contribution >= 0.6 is 0 Å². The Morgan fingerprint density at radius 2 is 2.06 bits per heavy atom. The smallest absolute Gasteiger partial charge is 0.326 e. The third-order valence-corrected chi connectivity index (χ3v) is 2.33.